The summed E-state index contributed by atoms with van der Waals surface area (Å²) < 4.78 is 8.02. The highest BCUT2D eigenvalue weighted by atomic mass is 79.9. The average Bonchev–Trinajstić information content (AvgIpc) is 2.99. The Morgan fingerprint density at radius 3 is 2.48 bits per heavy atom. The lowest BCUT2D eigenvalue weighted by Crippen LogP contribution is -2.44. The monoisotopic (exact) mass is 486 g/mol. The number of esters is 1. The summed E-state index contributed by atoms with van der Waals surface area (Å²) in [5.74, 6) is -1.74. The van der Waals surface area contributed by atoms with Crippen molar-refractivity contribution in [1.82, 2.24) is 15.2 Å². The van der Waals surface area contributed by atoms with E-state index in [0.717, 1.165) is 21.5 Å². The summed E-state index contributed by atoms with van der Waals surface area (Å²) in [6.45, 7) is 7.16. The second-order valence-corrected chi connectivity index (χ2v) is 7.62. The minimum Gasteiger partial charge on any atom is -0.448 e. The number of carbonyl (C=O) groups is 3. The van der Waals surface area contributed by atoms with Gasteiger partial charge in [0.05, 0.1) is 0 Å². The topological polar surface area (TPSA) is 113 Å². The highest BCUT2D eigenvalue weighted by Gasteiger charge is 2.22. The van der Waals surface area contributed by atoms with Crippen LogP contribution >= 0.6 is 15.9 Å². The zero-order valence-corrected chi connectivity index (χ0v) is 19.2. The van der Waals surface area contributed by atoms with Crippen molar-refractivity contribution in [1.29, 1.82) is 5.26 Å². The third kappa shape index (κ3) is 6.06. The fraction of sp³-hybridized carbons (Fsp3) is 0.273. The molecule has 0 aliphatic heterocycles. The third-order valence-electron chi connectivity index (χ3n) is 4.42. The van der Waals surface area contributed by atoms with Crippen LogP contribution in [0.3, 0.4) is 0 Å². The molecule has 2 rings (SSSR count). The van der Waals surface area contributed by atoms with Crippen LogP contribution in [0.15, 0.2) is 40.4 Å². The van der Waals surface area contributed by atoms with Crippen LogP contribution in [-0.2, 0) is 14.3 Å². The molecule has 0 bridgehead atoms. The second-order valence-electron chi connectivity index (χ2n) is 6.70. The van der Waals surface area contributed by atoms with Gasteiger partial charge in [0.1, 0.15) is 11.6 Å². The van der Waals surface area contributed by atoms with E-state index in [1.807, 2.05) is 54.8 Å². The summed E-state index contributed by atoms with van der Waals surface area (Å²) in [7, 11) is 0. The first-order valence-electron chi connectivity index (χ1n) is 9.54. The van der Waals surface area contributed by atoms with Crippen LogP contribution in [0, 0.1) is 25.2 Å². The molecule has 0 saturated heterocycles. The maximum Gasteiger partial charge on any atom is 0.349 e. The Labute approximate surface area is 189 Å². The van der Waals surface area contributed by atoms with E-state index in [0.29, 0.717) is 12.1 Å². The number of aryl methyl sites for hydroxylation is 1. The van der Waals surface area contributed by atoms with Crippen LogP contribution < -0.4 is 10.6 Å². The van der Waals surface area contributed by atoms with Gasteiger partial charge < -0.3 is 14.6 Å². The van der Waals surface area contributed by atoms with Crippen molar-refractivity contribution in [3.8, 4) is 11.8 Å². The van der Waals surface area contributed by atoms with Gasteiger partial charge in [-0.1, -0.05) is 15.9 Å². The predicted octanol–water partition coefficient (Wildman–Crippen LogP) is 3.54. The van der Waals surface area contributed by atoms with Crippen molar-refractivity contribution < 1.29 is 19.1 Å². The molecule has 2 N–H and O–H groups in total. The molecule has 1 heterocycles. The molecule has 31 heavy (non-hydrogen) atoms. The van der Waals surface area contributed by atoms with Gasteiger partial charge in [-0.2, -0.15) is 5.26 Å². The average molecular weight is 487 g/mol. The molecule has 8 nitrogen and oxygen atoms in total. The van der Waals surface area contributed by atoms with Crippen molar-refractivity contribution in [3.05, 3.63) is 57.3 Å². The second kappa shape index (κ2) is 10.6. The minimum absolute atomic E-state index is 0.256. The van der Waals surface area contributed by atoms with Gasteiger partial charge in [-0.3, -0.25) is 10.1 Å². The molecular weight excluding hydrogens is 464 g/mol. The maximum atomic E-state index is 12.4. The van der Waals surface area contributed by atoms with Gasteiger partial charge in [0.25, 0.3) is 5.91 Å². The van der Waals surface area contributed by atoms with Crippen LogP contribution in [0.1, 0.15) is 30.8 Å². The van der Waals surface area contributed by atoms with E-state index >= 15 is 0 Å². The molecule has 1 unspecified atom stereocenters. The number of aromatic nitrogens is 1. The van der Waals surface area contributed by atoms with Gasteiger partial charge in [-0.15, -0.1) is 0 Å². The predicted molar refractivity (Wildman–Crippen MR) is 119 cm³/mol. The summed E-state index contributed by atoms with van der Waals surface area (Å²) in [5.41, 5.74) is 3.12. The van der Waals surface area contributed by atoms with E-state index in [4.69, 9.17) is 4.74 Å². The summed E-state index contributed by atoms with van der Waals surface area (Å²) in [6, 6.07) is 10.7. The van der Waals surface area contributed by atoms with Crippen molar-refractivity contribution in [2.75, 3.05) is 6.54 Å². The molecule has 162 valence electrons. The Bertz CT molecular complexity index is 1060. The molecule has 1 aromatic heterocycles. The first kappa shape index (κ1) is 23.9. The largest absolute Gasteiger partial charge is 0.448 e. The van der Waals surface area contributed by atoms with E-state index in [9.17, 15) is 19.6 Å². The number of hydrogen-bond acceptors (Lipinski definition) is 5. The fourth-order valence-corrected chi connectivity index (χ4v) is 3.17. The fourth-order valence-electron chi connectivity index (χ4n) is 2.91. The molecule has 0 radical (unpaired) electrons. The van der Waals surface area contributed by atoms with Gasteiger partial charge in [0.2, 0.25) is 0 Å². The van der Waals surface area contributed by atoms with Crippen molar-refractivity contribution in [3.63, 3.8) is 0 Å². The summed E-state index contributed by atoms with van der Waals surface area (Å²) >= 11 is 3.41. The van der Waals surface area contributed by atoms with Crippen LogP contribution in [0.25, 0.3) is 11.8 Å². The molecule has 1 atom stereocenters. The quantitative estimate of drug-likeness (QED) is 0.368. The SMILES string of the molecule is CCNC(=O)NC(=O)C(C)OC(=O)/C(C#N)=C/c1cc(C)n(-c2ccc(Br)cc2)c1C. The smallest absolute Gasteiger partial charge is 0.349 e. The lowest BCUT2D eigenvalue weighted by atomic mass is 10.1. The normalized spacial score (nSPS) is 11.9. The number of benzene rings is 1. The molecule has 1 aromatic carbocycles. The molecule has 0 fully saturated rings. The van der Waals surface area contributed by atoms with E-state index < -0.39 is 24.0 Å². The van der Waals surface area contributed by atoms with Gasteiger partial charge in [-0.25, -0.2) is 9.59 Å². The number of hydrogen-bond donors (Lipinski definition) is 2. The van der Waals surface area contributed by atoms with Gasteiger partial charge in [0.15, 0.2) is 6.10 Å². The number of nitrogens with one attached hydrogen (secondary N) is 2. The first-order chi connectivity index (χ1) is 14.7. The summed E-state index contributed by atoms with van der Waals surface area (Å²) in [4.78, 5) is 35.8. The molecule has 0 aliphatic rings. The molecule has 0 spiro atoms. The van der Waals surface area contributed by atoms with Crippen molar-refractivity contribution in [2.24, 2.45) is 0 Å². The van der Waals surface area contributed by atoms with Gasteiger partial charge in [-0.05, 0) is 69.7 Å². The molecule has 0 aliphatic carbocycles. The maximum absolute atomic E-state index is 12.4. The van der Waals surface area contributed by atoms with Crippen molar-refractivity contribution in [2.45, 2.75) is 33.8 Å². The van der Waals surface area contributed by atoms with Crippen molar-refractivity contribution >= 4 is 39.9 Å². The molecule has 2 aromatic rings. The van der Waals surface area contributed by atoms with Gasteiger partial charge in [0, 0.05) is 28.1 Å². The number of amides is 3. The van der Waals surface area contributed by atoms with Crippen LogP contribution in [-0.4, -0.2) is 35.1 Å². The Hall–Kier alpha value is -3.38. The highest BCUT2D eigenvalue weighted by Crippen LogP contribution is 2.24. The Balaban J connectivity index is 2.21. The Kier molecular flexibility index (Phi) is 8.16. The minimum atomic E-state index is -1.25. The zero-order chi connectivity index (χ0) is 23.1. The number of ether oxygens (including phenoxy) is 1. The van der Waals surface area contributed by atoms with E-state index in [1.165, 1.54) is 13.0 Å². The highest BCUT2D eigenvalue weighted by molar-refractivity contribution is 9.10. The van der Waals surface area contributed by atoms with E-state index in [-0.39, 0.29) is 5.57 Å². The van der Waals surface area contributed by atoms with Crippen LogP contribution in [0.5, 0.6) is 0 Å². The van der Waals surface area contributed by atoms with E-state index in [2.05, 4.69) is 26.6 Å². The number of imide groups is 1. The summed E-state index contributed by atoms with van der Waals surface area (Å²) in [6.07, 6.45) is 0.177. The number of urea groups is 1. The molecule has 9 heteroatoms. The Morgan fingerprint density at radius 2 is 1.90 bits per heavy atom. The number of halogens is 1. The lowest BCUT2D eigenvalue weighted by molar-refractivity contribution is -0.150. The zero-order valence-electron chi connectivity index (χ0n) is 17.7. The Morgan fingerprint density at radius 1 is 1.26 bits per heavy atom. The van der Waals surface area contributed by atoms with Crippen LogP contribution in [0.4, 0.5) is 4.79 Å². The summed E-state index contributed by atoms with van der Waals surface area (Å²) in [5, 5.41) is 13.9. The standard InChI is InChI=1S/C22H23BrN4O4/c1-5-25-22(30)26-20(28)15(4)31-21(29)17(12-24)11-16-10-13(2)27(14(16)3)19-8-6-18(23)7-9-19/h6-11,15H,5H2,1-4H3,(H2,25,26,28,30)/b17-11+. The molecular formula is C22H23BrN4O4. The first-order valence-corrected chi connectivity index (χ1v) is 10.3. The molecule has 3 amide bonds. The number of rotatable bonds is 6. The van der Waals surface area contributed by atoms with Gasteiger partial charge >= 0.3 is 12.0 Å². The van der Waals surface area contributed by atoms with Crippen LogP contribution in [0.2, 0.25) is 0 Å². The number of nitrogens with zero attached hydrogens (tertiary/aromatic N) is 2. The number of nitriles is 1. The van der Waals surface area contributed by atoms with E-state index in [1.54, 1.807) is 6.92 Å². The lowest BCUT2D eigenvalue weighted by Gasteiger charge is -2.12. The third-order valence-corrected chi connectivity index (χ3v) is 4.95. The number of carbonyl (C=O) groups excluding carboxylic acids is 3. The molecule has 0 saturated carbocycles.